The summed E-state index contributed by atoms with van der Waals surface area (Å²) in [7, 11) is 2.12. The number of benzene rings is 1. The van der Waals surface area contributed by atoms with Crippen LogP contribution in [0.25, 0.3) is 0 Å². The summed E-state index contributed by atoms with van der Waals surface area (Å²) in [6.07, 6.45) is 4.14. The Bertz CT molecular complexity index is 537. The number of hydrogen-bond donors (Lipinski definition) is 1. The second kappa shape index (κ2) is 7.66. The van der Waals surface area contributed by atoms with E-state index in [0.29, 0.717) is 5.92 Å². The number of hydrogen-bond acceptors (Lipinski definition) is 3. The molecule has 3 rings (SSSR count). The van der Waals surface area contributed by atoms with E-state index in [9.17, 15) is 4.79 Å². The van der Waals surface area contributed by atoms with Crippen LogP contribution in [0, 0.1) is 0 Å². The quantitative estimate of drug-likeness (QED) is 0.922. The summed E-state index contributed by atoms with van der Waals surface area (Å²) in [5.41, 5.74) is 1.16. The second-order valence-corrected chi connectivity index (χ2v) is 7.50. The van der Waals surface area contributed by atoms with Crippen LogP contribution >= 0.6 is 0 Å². The highest BCUT2D eigenvalue weighted by atomic mass is 16.2. The van der Waals surface area contributed by atoms with Gasteiger partial charge in [-0.2, -0.15) is 0 Å². The van der Waals surface area contributed by atoms with Gasteiger partial charge < -0.3 is 10.2 Å². The Kier molecular flexibility index (Phi) is 5.57. The minimum atomic E-state index is -0.266. The first kappa shape index (κ1) is 17.4. The second-order valence-electron chi connectivity index (χ2n) is 7.50. The van der Waals surface area contributed by atoms with Crippen molar-refractivity contribution in [3.8, 4) is 0 Å². The molecule has 132 valence electrons. The smallest absolute Gasteiger partial charge is 0.240 e. The largest absolute Gasteiger partial charge is 0.354 e. The van der Waals surface area contributed by atoms with Gasteiger partial charge in [-0.05, 0) is 50.8 Å². The number of rotatable bonds is 4. The lowest BCUT2D eigenvalue weighted by Crippen LogP contribution is -2.60. The molecule has 0 bridgehead atoms. The maximum Gasteiger partial charge on any atom is 0.240 e. The zero-order valence-electron chi connectivity index (χ0n) is 15.1. The summed E-state index contributed by atoms with van der Waals surface area (Å²) >= 11 is 0. The predicted octanol–water partition coefficient (Wildman–Crippen LogP) is 2.47. The van der Waals surface area contributed by atoms with Gasteiger partial charge in [-0.25, -0.2) is 0 Å². The average molecular weight is 329 g/mol. The minimum Gasteiger partial charge on any atom is -0.354 e. The van der Waals surface area contributed by atoms with E-state index in [1.165, 1.54) is 12.0 Å². The van der Waals surface area contributed by atoms with Crippen molar-refractivity contribution in [3.05, 3.63) is 35.9 Å². The van der Waals surface area contributed by atoms with E-state index in [4.69, 9.17) is 0 Å². The molecule has 2 aliphatic heterocycles. The van der Waals surface area contributed by atoms with Crippen molar-refractivity contribution in [1.82, 2.24) is 15.1 Å². The number of nitrogens with zero attached hydrogens (tertiary/aromatic N) is 2. The molecule has 1 aromatic carbocycles. The van der Waals surface area contributed by atoms with Gasteiger partial charge >= 0.3 is 0 Å². The molecule has 4 heteroatoms. The predicted molar refractivity (Wildman–Crippen MR) is 98.1 cm³/mol. The number of carbonyl (C=O) groups is 1. The number of likely N-dealkylation sites (N-methyl/N-ethyl adjacent to an activating group) is 1. The highest BCUT2D eigenvalue weighted by Gasteiger charge is 2.45. The van der Waals surface area contributed by atoms with Gasteiger partial charge in [0.1, 0.15) is 5.54 Å². The van der Waals surface area contributed by atoms with Gasteiger partial charge in [0.15, 0.2) is 0 Å². The standard InChI is InChI=1S/C20H31N3O/c1-17(18-7-4-3-5-8-18)9-14-23-15-10-20(11-16-23)19(24)21-12-6-13-22(20)2/h3-5,7-8,17H,6,9-16H2,1-2H3,(H,21,24)/t17-/m0/s1. The Morgan fingerprint density at radius 3 is 2.58 bits per heavy atom. The van der Waals surface area contributed by atoms with Crippen LogP contribution in [-0.4, -0.2) is 61.0 Å². The van der Waals surface area contributed by atoms with Crippen molar-refractivity contribution in [3.63, 3.8) is 0 Å². The number of likely N-dealkylation sites (tertiary alicyclic amines) is 1. The lowest BCUT2D eigenvalue weighted by atomic mass is 9.84. The first-order valence-electron chi connectivity index (χ1n) is 9.39. The highest BCUT2D eigenvalue weighted by molar-refractivity contribution is 5.86. The third kappa shape index (κ3) is 3.65. The number of carbonyl (C=O) groups excluding carboxylic acids is 1. The molecule has 2 aliphatic rings. The molecule has 1 aromatic rings. The first-order valence-corrected chi connectivity index (χ1v) is 9.39. The lowest BCUT2D eigenvalue weighted by Gasteiger charge is -2.45. The average Bonchev–Trinajstić information content (AvgIpc) is 2.76. The van der Waals surface area contributed by atoms with E-state index in [1.807, 2.05) is 0 Å². The van der Waals surface area contributed by atoms with E-state index in [0.717, 1.165) is 52.0 Å². The summed E-state index contributed by atoms with van der Waals surface area (Å²) in [6.45, 7) is 7.33. The van der Waals surface area contributed by atoms with Crippen LogP contribution in [0.4, 0.5) is 0 Å². The van der Waals surface area contributed by atoms with Crippen molar-refractivity contribution < 1.29 is 4.79 Å². The van der Waals surface area contributed by atoms with Crippen molar-refractivity contribution in [1.29, 1.82) is 0 Å². The molecule has 1 atom stereocenters. The Balaban J connectivity index is 1.52. The van der Waals surface area contributed by atoms with Gasteiger partial charge in [0.2, 0.25) is 5.91 Å². The van der Waals surface area contributed by atoms with E-state index in [-0.39, 0.29) is 11.4 Å². The molecule has 0 saturated carbocycles. The van der Waals surface area contributed by atoms with Crippen LogP contribution in [0.3, 0.4) is 0 Å². The summed E-state index contributed by atoms with van der Waals surface area (Å²) in [5, 5.41) is 3.12. The lowest BCUT2D eigenvalue weighted by molar-refractivity contribution is -0.134. The van der Waals surface area contributed by atoms with Gasteiger partial charge in [-0.15, -0.1) is 0 Å². The molecule has 0 aromatic heterocycles. The van der Waals surface area contributed by atoms with Crippen LogP contribution in [-0.2, 0) is 4.79 Å². The number of amides is 1. The molecule has 1 spiro atoms. The van der Waals surface area contributed by atoms with Crippen molar-refractivity contribution in [2.45, 2.75) is 44.1 Å². The Morgan fingerprint density at radius 1 is 1.17 bits per heavy atom. The molecule has 2 heterocycles. The number of nitrogens with one attached hydrogen (secondary N) is 1. The third-order valence-electron chi connectivity index (χ3n) is 6.04. The molecule has 0 radical (unpaired) electrons. The molecule has 2 saturated heterocycles. The van der Waals surface area contributed by atoms with Gasteiger partial charge in [-0.3, -0.25) is 9.69 Å². The summed E-state index contributed by atoms with van der Waals surface area (Å²) in [5.74, 6) is 0.839. The monoisotopic (exact) mass is 329 g/mol. The highest BCUT2D eigenvalue weighted by Crippen LogP contribution is 2.30. The van der Waals surface area contributed by atoms with Crippen LogP contribution in [0.2, 0.25) is 0 Å². The van der Waals surface area contributed by atoms with Crippen LogP contribution in [0.15, 0.2) is 30.3 Å². The molecule has 4 nitrogen and oxygen atoms in total. The van der Waals surface area contributed by atoms with Crippen LogP contribution in [0.1, 0.15) is 44.1 Å². The fourth-order valence-electron chi connectivity index (χ4n) is 4.15. The fraction of sp³-hybridized carbons (Fsp3) is 0.650. The Morgan fingerprint density at radius 2 is 1.88 bits per heavy atom. The molecule has 0 unspecified atom stereocenters. The van der Waals surface area contributed by atoms with E-state index in [1.54, 1.807) is 0 Å². The molecule has 2 fully saturated rings. The summed E-state index contributed by atoms with van der Waals surface area (Å²) < 4.78 is 0. The van der Waals surface area contributed by atoms with Crippen LogP contribution < -0.4 is 5.32 Å². The topological polar surface area (TPSA) is 35.6 Å². The van der Waals surface area contributed by atoms with Gasteiger partial charge in [0.05, 0.1) is 0 Å². The fourth-order valence-corrected chi connectivity index (χ4v) is 4.15. The molecular weight excluding hydrogens is 298 g/mol. The summed E-state index contributed by atoms with van der Waals surface area (Å²) in [6, 6.07) is 10.8. The van der Waals surface area contributed by atoms with Crippen molar-refractivity contribution in [2.75, 3.05) is 39.8 Å². The maximum absolute atomic E-state index is 12.6. The normalized spacial score (nSPS) is 23.7. The Labute approximate surface area is 146 Å². The van der Waals surface area contributed by atoms with E-state index < -0.39 is 0 Å². The third-order valence-corrected chi connectivity index (χ3v) is 6.04. The van der Waals surface area contributed by atoms with Gasteiger partial charge in [0, 0.05) is 26.2 Å². The van der Waals surface area contributed by atoms with Crippen LogP contribution in [0.5, 0.6) is 0 Å². The molecule has 1 amide bonds. The maximum atomic E-state index is 12.6. The molecular formula is C20H31N3O. The van der Waals surface area contributed by atoms with Crippen molar-refractivity contribution >= 4 is 5.91 Å². The summed E-state index contributed by atoms with van der Waals surface area (Å²) in [4.78, 5) is 17.4. The molecule has 0 aliphatic carbocycles. The first-order chi connectivity index (χ1) is 11.6. The van der Waals surface area contributed by atoms with Crippen molar-refractivity contribution in [2.24, 2.45) is 0 Å². The zero-order valence-corrected chi connectivity index (χ0v) is 15.1. The molecule has 24 heavy (non-hydrogen) atoms. The number of piperidine rings is 1. The van der Waals surface area contributed by atoms with E-state index in [2.05, 4.69) is 59.4 Å². The van der Waals surface area contributed by atoms with Gasteiger partial charge in [-0.1, -0.05) is 37.3 Å². The SMILES string of the molecule is C[C@@H](CCN1CCC2(CC1)C(=O)NCCCN2C)c1ccccc1. The minimum absolute atomic E-state index is 0.250. The zero-order chi connectivity index (χ0) is 17.0. The van der Waals surface area contributed by atoms with E-state index >= 15 is 0 Å². The Hall–Kier alpha value is -1.39. The molecule has 1 N–H and O–H groups in total. The van der Waals surface area contributed by atoms with Gasteiger partial charge in [0.25, 0.3) is 0 Å².